The Bertz CT molecular complexity index is 549. The highest BCUT2D eigenvalue weighted by Gasteiger charge is 2.80. The summed E-state index contributed by atoms with van der Waals surface area (Å²) in [6.45, 7) is 7.99. The normalized spacial score (nSPS) is 72.1. The average molecular weight is 298 g/mol. The van der Waals surface area contributed by atoms with Gasteiger partial charge in [-0.2, -0.15) is 0 Å². The summed E-state index contributed by atoms with van der Waals surface area (Å²) in [6, 6.07) is 0. The van der Waals surface area contributed by atoms with E-state index < -0.39 is 11.2 Å². The summed E-state index contributed by atoms with van der Waals surface area (Å²) in [4.78, 5) is 0. The van der Waals surface area contributed by atoms with Crippen molar-refractivity contribution in [1.29, 1.82) is 0 Å². The molecular formula is C20H26O2. The lowest BCUT2D eigenvalue weighted by Gasteiger charge is -2.33. The molecule has 22 heavy (non-hydrogen) atoms. The molecule has 118 valence electrons. The third-order valence-electron chi connectivity index (χ3n) is 9.43. The van der Waals surface area contributed by atoms with E-state index in [-0.39, 0.29) is 0 Å². The fraction of sp³-hybridized carbons (Fsp3) is 0.800. The van der Waals surface area contributed by atoms with Crippen LogP contribution in [0.1, 0.15) is 25.7 Å². The van der Waals surface area contributed by atoms with Gasteiger partial charge < -0.3 is 10.2 Å². The van der Waals surface area contributed by atoms with Crippen LogP contribution in [0.5, 0.6) is 0 Å². The number of fused-ring (bicyclic) bond motifs is 3. The SMILES string of the molecule is C=CC1(O)CC2C3CC(O)(C=C)C4C5CCC6C5C(C2C61)C34. The molecule has 10 atom stereocenters. The molecule has 0 bridgehead atoms. The lowest BCUT2D eigenvalue weighted by molar-refractivity contribution is 0.00621. The highest BCUT2D eigenvalue weighted by molar-refractivity contribution is 5.32. The van der Waals surface area contributed by atoms with Gasteiger partial charge in [0.15, 0.2) is 0 Å². The van der Waals surface area contributed by atoms with Crippen molar-refractivity contribution in [2.45, 2.75) is 36.9 Å². The molecule has 6 rings (SSSR count). The van der Waals surface area contributed by atoms with Gasteiger partial charge in [0.25, 0.3) is 0 Å². The molecule has 0 amide bonds. The lowest BCUT2D eigenvalue weighted by atomic mass is 9.76. The first-order valence-corrected chi connectivity index (χ1v) is 9.26. The molecule has 6 aliphatic carbocycles. The zero-order valence-electron chi connectivity index (χ0n) is 13.1. The summed E-state index contributed by atoms with van der Waals surface area (Å²) in [6.07, 6.45) is 8.06. The van der Waals surface area contributed by atoms with Gasteiger partial charge in [-0.05, 0) is 84.9 Å². The van der Waals surface area contributed by atoms with E-state index in [0.717, 1.165) is 36.5 Å². The summed E-state index contributed by atoms with van der Waals surface area (Å²) in [5.74, 6) is 6.54. The Balaban J connectivity index is 1.57. The predicted octanol–water partition coefficient (Wildman–Crippen LogP) is 2.62. The van der Waals surface area contributed by atoms with Crippen molar-refractivity contribution < 1.29 is 10.2 Å². The maximum absolute atomic E-state index is 11.3. The summed E-state index contributed by atoms with van der Waals surface area (Å²) in [7, 11) is 0. The molecule has 2 N–H and O–H groups in total. The van der Waals surface area contributed by atoms with Gasteiger partial charge in [-0.15, -0.1) is 13.2 Å². The van der Waals surface area contributed by atoms with Crippen LogP contribution >= 0.6 is 0 Å². The number of hydrogen-bond acceptors (Lipinski definition) is 2. The molecule has 0 aliphatic heterocycles. The summed E-state index contributed by atoms with van der Waals surface area (Å²) >= 11 is 0. The lowest BCUT2D eigenvalue weighted by Crippen LogP contribution is -2.38. The first-order valence-electron chi connectivity index (χ1n) is 9.26. The van der Waals surface area contributed by atoms with Crippen LogP contribution in [-0.4, -0.2) is 21.4 Å². The van der Waals surface area contributed by atoms with Gasteiger partial charge >= 0.3 is 0 Å². The first kappa shape index (κ1) is 12.8. The van der Waals surface area contributed by atoms with Crippen LogP contribution < -0.4 is 0 Å². The van der Waals surface area contributed by atoms with Gasteiger partial charge in [-0.3, -0.25) is 0 Å². The van der Waals surface area contributed by atoms with Crippen LogP contribution in [-0.2, 0) is 0 Å². The van der Waals surface area contributed by atoms with Crippen LogP contribution in [0.15, 0.2) is 25.3 Å². The average Bonchev–Trinajstić information content (AvgIpc) is 3.23. The fourth-order valence-electron chi connectivity index (χ4n) is 9.44. The van der Waals surface area contributed by atoms with E-state index in [4.69, 9.17) is 0 Å². The van der Waals surface area contributed by atoms with Gasteiger partial charge in [-0.25, -0.2) is 0 Å². The van der Waals surface area contributed by atoms with Gasteiger partial charge in [0.1, 0.15) is 0 Å². The van der Waals surface area contributed by atoms with Gasteiger partial charge in [0.2, 0.25) is 0 Å². The molecule has 0 spiro atoms. The molecule has 0 radical (unpaired) electrons. The maximum atomic E-state index is 11.3. The second-order valence-corrected chi connectivity index (χ2v) is 9.39. The Morgan fingerprint density at radius 2 is 1.14 bits per heavy atom. The van der Waals surface area contributed by atoms with E-state index in [1.54, 1.807) is 0 Å². The molecule has 2 heteroatoms. The second-order valence-electron chi connectivity index (χ2n) is 9.39. The van der Waals surface area contributed by atoms with Crippen LogP contribution in [0, 0.1) is 59.2 Å². The van der Waals surface area contributed by atoms with Crippen molar-refractivity contribution in [2.75, 3.05) is 0 Å². The Hall–Kier alpha value is -0.600. The number of aliphatic hydroxyl groups is 2. The molecule has 2 nitrogen and oxygen atoms in total. The van der Waals surface area contributed by atoms with Crippen molar-refractivity contribution in [2.24, 2.45) is 59.2 Å². The largest absolute Gasteiger partial charge is 0.385 e. The third kappa shape index (κ3) is 1.02. The number of hydrogen-bond donors (Lipinski definition) is 2. The van der Waals surface area contributed by atoms with E-state index in [1.165, 1.54) is 12.8 Å². The van der Waals surface area contributed by atoms with Crippen molar-refractivity contribution in [3.63, 3.8) is 0 Å². The maximum Gasteiger partial charge on any atom is 0.0861 e. The molecule has 6 aliphatic rings. The van der Waals surface area contributed by atoms with Crippen molar-refractivity contribution in [3.8, 4) is 0 Å². The molecule has 6 fully saturated rings. The molecule has 0 saturated heterocycles. The predicted molar refractivity (Wildman–Crippen MR) is 83.7 cm³/mol. The van der Waals surface area contributed by atoms with Crippen LogP contribution in [0.2, 0.25) is 0 Å². The van der Waals surface area contributed by atoms with E-state index >= 15 is 0 Å². The third-order valence-corrected chi connectivity index (χ3v) is 9.43. The number of rotatable bonds is 2. The van der Waals surface area contributed by atoms with Crippen LogP contribution in [0.4, 0.5) is 0 Å². The highest BCUT2D eigenvalue weighted by atomic mass is 16.3. The summed E-state index contributed by atoms with van der Waals surface area (Å²) in [5, 5.41) is 22.5. The minimum atomic E-state index is -0.630. The molecule has 0 aromatic carbocycles. The molecule has 0 heterocycles. The smallest absolute Gasteiger partial charge is 0.0861 e. The molecular weight excluding hydrogens is 272 g/mol. The molecule has 6 saturated carbocycles. The van der Waals surface area contributed by atoms with E-state index in [1.807, 2.05) is 12.2 Å². The minimum Gasteiger partial charge on any atom is -0.385 e. The van der Waals surface area contributed by atoms with E-state index in [0.29, 0.717) is 35.5 Å². The van der Waals surface area contributed by atoms with Crippen molar-refractivity contribution >= 4 is 0 Å². The van der Waals surface area contributed by atoms with Crippen LogP contribution in [0.25, 0.3) is 0 Å². The molecule has 0 aromatic heterocycles. The second kappa shape index (κ2) is 3.42. The fourth-order valence-corrected chi connectivity index (χ4v) is 9.44. The van der Waals surface area contributed by atoms with Gasteiger partial charge in [-0.1, -0.05) is 12.2 Å². The van der Waals surface area contributed by atoms with Gasteiger partial charge in [0, 0.05) is 0 Å². The van der Waals surface area contributed by atoms with E-state index in [2.05, 4.69) is 13.2 Å². The Morgan fingerprint density at radius 1 is 0.682 bits per heavy atom. The van der Waals surface area contributed by atoms with Crippen molar-refractivity contribution in [3.05, 3.63) is 25.3 Å². The monoisotopic (exact) mass is 298 g/mol. The quantitative estimate of drug-likeness (QED) is 0.769. The summed E-state index contributed by atoms with van der Waals surface area (Å²) < 4.78 is 0. The molecule has 0 aromatic rings. The Kier molecular flexibility index (Phi) is 1.98. The van der Waals surface area contributed by atoms with E-state index in [9.17, 15) is 10.2 Å². The van der Waals surface area contributed by atoms with Gasteiger partial charge in [0.05, 0.1) is 11.2 Å². The Labute approximate surface area is 132 Å². The highest BCUT2D eigenvalue weighted by Crippen LogP contribution is 2.82. The topological polar surface area (TPSA) is 40.5 Å². The molecule has 10 unspecified atom stereocenters. The minimum absolute atomic E-state index is 0.471. The van der Waals surface area contributed by atoms with Crippen LogP contribution in [0.3, 0.4) is 0 Å². The summed E-state index contributed by atoms with van der Waals surface area (Å²) in [5.41, 5.74) is -1.26. The zero-order valence-corrected chi connectivity index (χ0v) is 13.1. The first-order chi connectivity index (χ1) is 10.5. The van der Waals surface area contributed by atoms with Crippen molar-refractivity contribution in [1.82, 2.24) is 0 Å². The Morgan fingerprint density at radius 3 is 1.55 bits per heavy atom. The standard InChI is InChI=1S/C20H26O2/c1-3-19(21)7-11-12-8-20(22,4-2)18-10-6-5-9-13(10)16(15(12)18)14(11)17(9)19/h3-4,9-18,21-22H,1-2,5-8H2. The zero-order chi connectivity index (χ0) is 15.0.